The van der Waals surface area contributed by atoms with E-state index in [1.54, 1.807) is 0 Å². The molecule has 3 heteroatoms. The summed E-state index contributed by atoms with van der Waals surface area (Å²) < 4.78 is 0. The smallest absolute Gasteiger partial charge is 0.134 e. The summed E-state index contributed by atoms with van der Waals surface area (Å²) in [4.78, 5) is 9.04. The number of hydrogen-bond acceptors (Lipinski definition) is 1. The van der Waals surface area contributed by atoms with Gasteiger partial charge < -0.3 is 4.79 Å². The molecule has 0 saturated carbocycles. The molecule has 0 bridgehead atoms. The summed E-state index contributed by atoms with van der Waals surface area (Å²) in [6, 6.07) is 0. The van der Waals surface area contributed by atoms with Gasteiger partial charge in [-0.3, -0.25) is 0 Å². The van der Waals surface area contributed by atoms with E-state index < -0.39 is 0 Å². The first-order valence-electron chi connectivity index (χ1n) is 0.911. The van der Waals surface area contributed by atoms with Crippen LogP contribution in [0.15, 0.2) is 0 Å². The van der Waals surface area contributed by atoms with Crippen molar-refractivity contribution in [1.29, 1.82) is 0 Å². The van der Waals surface area contributed by atoms with Gasteiger partial charge in [0.25, 0.3) is 0 Å². The van der Waals surface area contributed by atoms with Crippen molar-refractivity contribution < 1.29 is 26.5 Å². The summed E-state index contributed by atoms with van der Waals surface area (Å²) in [5.74, 6) is 0.111. The quantitative estimate of drug-likeness (QED) is 0.283. The van der Waals surface area contributed by atoms with Crippen molar-refractivity contribution >= 4 is 17.9 Å². The average molecular weight is 126 g/mol. The Kier molecular flexibility index (Phi) is 16.2. The van der Waals surface area contributed by atoms with Gasteiger partial charge in [0.15, 0.2) is 0 Å². The average Bonchev–Trinajstić information content (AvgIpc) is 1.37. The standard InChI is InChI=1S/C2H3ClO.Ti/c3-1-2-4;/h2H,1H2;. The molecular weight excluding hydrogens is 123 g/mol. The minimum Gasteiger partial charge on any atom is -0.302 e. The summed E-state index contributed by atoms with van der Waals surface area (Å²) >= 11 is 4.82. The fourth-order valence-corrected chi connectivity index (χ4v) is 0. The molecule has 0 aliphatic heterocycles. The molecule has 28 valence electrons. The Morgan fingerprint density at radius 2 is 2.00 bits per heavy atom. The van der Waals surface area contributed by atoms with Crippen LogP contribution in [0.3, 0.4) is 0 Å². The van der Waals surface area contributed by atoms with Crippen molar-refractivity contribution in [3.8, 4) is 0 Å². The van der Waals surface area contributed by atoms with Crippen LogP contribution in [0.2, 0.25) is 0 Å². The summed E-state index contributed by atoms with van der Waals surface area (Å²) in [6.45, 7) is 0. The van der Waals surface area contributed by atoms with Crippen LogP contribution < -0.4 is 0 Å². The minimum absolute atomic E-state index is 0. The van der Waals surface area contributed by atoms with Crippen LogP contribution in [0.1, 0.15) is 0 Å². The zero-order valence-electron chi connectivity index (χ0n) is 2.57. The molecule has 0 aliphatic carbocycles. The molecular formula is C2H3ClOTi. The molecule has 5 heavy (non-hydrogen) atoms. The van der Waals surface area contributed by atoms with Crippen LogP contribution in [-0.4, -0.2) is 12.2 Å². The summed E-state index contributed by atoms with van der Waals surface area (Å²) in [7, 11) is 0. The third-order valence-electron chi connectivity index (χ3n) is 0.0630. The molecule has 0 saturated heterocycles. The molecule has 0 heterocycles. The molecule has 0 aromatic rings. The van der Waals surface area contributed by atoms with Gasteiger partial charge in [-0.05, 0) is 0 Å². The van der Waals surface area contributed by atoms with Crippen molar-refractivity contribution in [1.82, 2.24) is 0 Å². The first kappa shape index (κ1) is 9.18. The van der Waals surface area contributed by atoms with Gasteiger partial charge in [0.2, 0.25) is 0 Å². The maximum atomic E-state index is 9.04. The van der Waals surface area contributed by atoms with Crippen molar-refractivity contribution in [2.45, 2.75) is 0 Å². The predicted molar refractivity (Wildman–Crippen MR) is 16.8 cm³/mol. The molecule has 0 amide bonds. The molecule has 1 nitrogen and oxygen atoms in total. The van der Waals surface area contributed by atoms with Gasteiger partial charge in [-0.2, -0.15) is 0 Å². The fraction of sp³-hybridized carbons (Fsp3) is 0.500. The molecule has 0 N–H and O–H groups in total. The second kappa shape index (κ2) is 8.82. The number of halogens is 1. The Hall–Kier alpha value is 0.674. The van der Waals surface area contributed by atoms with Crippen LogP contribution in [0.25, 0.3) is 0 Å². The van der Waals surface area contributed by atoms with E-state index in [2.05, 4.69) is 0 Å². The van der Waals surface area contributed by atoms with Crippen molar-refractivity contribution in [3.63, 3.8) is 0 Å². The largest absolute Gasteiger partial charge is 0.302 e. The molecule has 0 radical (unpaired) electrons. The van der Waals surface area contributed by atoms with E-state index in [0.29, 0.717) is 6.29 Å². The molecule has 0 aromatic carbocycles. The Bertz CT molecular complexity index is 23.6. The van der Waals surface area contributed by atoms with E-state index in [0.717, 1.165) is 0 Å². The Morgan fingerprint density at radius 1 is 1.80 bits per heavy atom. The molecule has 0 atom stereocenters. The van der Waals surface area contributed by atoms with Crippen LogP contribution in [0.4, 0.5) is 0 Å². The number of hydrogen-bond donors (Lipinski definition) is 0. The Balaban J connectivity index is 0. The SMILES string of the molecule is O=CCCl.[Ti]. The maximum absolute atomic E-state index is 9.04. The Labute approximate surface area is 50.6 Å². The van der Waals surface area contributed by atoms with E-state index in [1.165, 1.54) is 0 Å². The van der Waals surface area contributed by atoms with Crippen molar-refractivity contribution in [2.75, 3.05) is 5.88 Å². The number of carbonyl (C=O) groups is 1. The zero-order chi connectivity index (χ0) is 3.41. The van der Waals surface area contributed by atoms with Crippen LogP contribution in [0, 0.1) is 0 Å². The number of alkyl halides is 1. The maximum Gasteiger partial charge on any atom is 0.134 e. The number of rotatable bonds is 1. The van der Waals surface area contributed by atoms with Crippen LogP contribution in [0.5, 0.6) is 0 Å². The Morgan fingerprint density at radius 3 is 2.00 bits per heavy atom. The van der Waals surface area contributed by atoms with Gasteiger partial charge in [0.1, 0.15) is 6.29 Å². The minimum atomic E-state index is 0. The number of carbonyl (C=O) groups excluding carboxylic acids is 1. The van der Waals surface area contributed by atoms with Crippen molar-refractivity contribution in [2.24, 2.45) is 0 Å². The van der Waals surface area contributed by atoms with Crippen molar-refractivity contribution in [3.05, 3.63) is 0 Å². The van der Waals surface area contributed by atoms with E-state index in [4.69, 9.17) is 16.4 Å². The summed E-state index contributed by atoms with van der Waals surface area (Å²) in [5.41, 5.74) is 0. The van der Waals surface area contributed by atoms with Gasteiger partial charge in [0, 0.05) is 21.7 Å². The van der Waals surface area contributed by atoms with E-state index in [9.17, 15) is 0 Å². The normalized spacial score (nSPS) is 5.00. The second-order valence-corrected chi connectivity index (χ2v) is 0.630. The van der Waals surface area contributed by atoms with Gasteiger partial charge in [-0.15, -0.1) is 11.6 Å². The van der Waals surface area contributed by atoms with Gasteiger partial charge >= 0.3 is 0 Å². The predicted octanol–water partition coefficient (Wildman–Crippen LogP) is 0.422. The van der Waals surface area contributed by atoms with Gasteiger partial charge in [0.05, 0.1) is 5.88 Å². The summed E-state index contributed by atoms with van der Waals surface area (Å²) in [6.07, 6.45) is 0.640. The first-order valence-corrected chi connectivity index (χ1v) is 1.45. The molecule has 0 spiro atoms. The van der Waals surface area contributed by atoms with E-state index in [1.807, 2.05) is 0 Å². The third-order valence-corrected chi connectivity index (χ3v) is 0.189. The molecule has 0 aromatic heterocycles. The van der Waals surface area contributed by atoms with Crippen LogP contribution in [-0.2, 0) is 26.5 Å². The molecule has 0 aliphatic rings. The summed E-state index contributed by atoms with van der Waals surface area (Å²) in [5, 5.41) is 0. The molecule has 0 unspecified atom stereocenters. The molecule has 0 fully saturated rings. The van der Waals surface area contributed by atoms with E-state index >= 15 is 0 Å². The third kappa shape index (κ3) is 11.9. The molecule has 0 rings (SSSR count). The van der Waals surface area contributed by atoms with Gasteiger partial charge in [-0.1, -0.05) is 0 Å². The fourth-order valence-electron chi connectivity index (χ4n) is 0. The monoisotopic (exact) mass is 126 g/mol. The number of aldehydes is 1. The first-order chi connectivity index (χ1) is 1.91. The van der Waals surface area contributed by atoms with Gasteiger partial charge in [-0.25, -0.2) is 0 Å². The second-order valence-electron chi connectivity index (χ2n) is 0.321. The zero-order valence-corrected chi connectivity index (χ0v) is 4.89. The van der Waals surface area contributed by atoms with Crippen LogP contribution >= 0.6 is 11.6 Å². The van der Waals surface area contributed by atoms with E-state index in [-0.39, 0.29) is 27.6 Å². The topological polar surface area (TPSA) is 17.1 Å².